The minimum atomic E-state index is -0.0910. The molecule has 3 aromatic heterocycles. The molecule has 8 heteroatoms. The van der Waals surface area contributed by atoms with Crippen LogP contribution in [0.2, 0.25) is 0 Å². The van der Waals surface area contributed by atoms with Crippen LogP contribution >= 0.6 is 0 Å². The fourth-order valence-corrected chi connectivity index (χ4v) is 4.78. The summed E-state index contributed by atoms with van der Waals surface area (Å²) in [6, 6.07) is 19.9. The van der Waals surface area contributed by atoms with Crippen LogP contribution in [-0.4, -0.2) is 53.9 Å². The summed E-state index contributed by atoms with van der Waals surface area (Å²) in [7, 11) is 1.66. The second-order valence-corrected chi connectivity index (χ2v) is 8.87. The number of anilines is 2. The number of hydrogen-bond acceptors (Lipinski definition) is 5. The maximum Gasteiger partial charge on any atom is 0.244 e. The number of pyridine rings is 1. The fraction of sp³-hybridized carbons (Fsp3) is 0.214. The smallest absolute Gasteiger partial charge is 0.244 e. The van der Waals surface area contributed by atoms with Crippen molar-refractivity contribution >= 4 is 39.2 Å². The molecule has 0 atom stereocenters. The number of aromatic nitrogens is 3. The normalized spacial score (nSPS) is 13.9. The Bertz CT molecular complexity index is 1500. The van der Waals surface area contributed by atoms with Gasteiger partial charge in [-0.3, -0.25) is 4.79 Å². The molecule has 1 aliphatic rings. The zero-order valence-corrected chi connectivity index (χ0v) is 20.0. The highest BCUT2D eigenvalue weighted by atomic mass is 16.5. The maximum absolute atomic E-state index is 13.0. The van der Waals surface area contributed by atoms with Crippen LogP contribution < -0.4 is 15.0 Å². The molecule has 8 nitrogen and oxygen atoms in total. The fourth-order valence-electron chi connectivity index (χ4n) is 4.78. The number of fused-ring (bicyclic) bond motifs is 2. The maximum atomic E-state index is 13.0. The lowest BCUT2D eigenvalue weighted by Gasteiger charge is -2.28. The van der Waals surface area contributed by atoms with Gasteiger partial charge in [0.25, 0.3) is 0 Å². The lowest BCUT2D eigenvalue weighted by Crippen LogP contribution is -2.36. The van der Waals surface area contributed by atoms with Crippen LogP contribution in [0.5, 0.6) is 5.75 Å². The first-order valence-corrected chi connectivity index (χ1v) is 12.0. The van der Waals surface area contributed by atoms with Crippen molar-refractivity contribution in [2.24, 2.45) is 0 Å². The predicted molar refractivity (Wildman–Crippen MR) is 142 cm³/mol. The molecule has 0 bridgehead atoms. The van der Waals surface area contributed by atoms with E-state index in [-0.39, 0.29) is 12.5 Å². The molecule has 182 valence electrons. The topological polar surface area (TPSA) is 84.4 Å². The van der Waals surface area contributed by atoms with Gasteiger partial charge < -0.3 is 29.2 Å². The molecule has 0 unspecified atom stereocenters. The Morgan fingerprint density at radius 1 is 1.11 bits per heavy atom. The molecular weight excluding hydrogens is 454 g/mol. The van der Waals surface area contributed by atoms with Gasteiger partial charge in [-0.05, 0) is 60.7 Å². The average Bonchev–Trinajstić information content (AvgIpc) is 3.50. The van der Waals surface area contributed by atoms with Gasteiger partial charge in [0, 0.05) is 64.4 Å². The molecule has 1 fully saturated rings. The van der Waals surface area contributed by atoms with Crippen LogP contribution in [0.25, 0.3) is 33.2 Å². The Morgan fingerprint density at radius 2 is 1.94 bits per heavy atom. The van der Waals surface area contributed by atoms with Crippen LogP contribution in [0.1, 0.15) is 0 Å². The molecule has 2 aromatic carbocycles. The van der Waals surface area contributed by atoms with Crippen molar-refractivity contribution in [2.45, 2.75) is 6.54 Å². The van der Waals surface area contributed by atoms with Gasteiger partial charge in [-0.15, -0.1) is 0 Å². The van der Waals surface area contributed by atoms with Crippen molar-refractivity contribution in [2.75, 3.05) is 43.6 Å². The molecule has 4 heterocycles. The number of nitrogens with zero attached hydrogens (tertiary/aromatic N) is 3. The number of morpholine rings is 1. The molecule has 6 rings (SSSR count). The minimum Gasteiger partial charge on any atom is -0.497 e. The first kappa shape index (κ1) is 22.2. The number of carbonyl (C=O) groups is 1. The monoisotopic (exact) mass is 481 g/mol. The number of ether oxygens (including phenoxy) is 2. The van der Waals surface area contributed by atoms with E-state index in [0.29, 0.717) is 0 Å². The van der Waals surface area contributed by atoms with E-state index >= 15 is 0 Å². The molecule has 0 spiro atoms. The molecule has 1 amide bonds. The summed E-state index contributed by atoms with van der Waals surface area (Å²) in [5, 5.41) is 5.07. The van der Waals surface area contributed by atoms with Crippen molar-refractivity contribution < 1.29 is 14.3 Å². The van der Waals surface area contributed by atoms with E-state index in [1.54, 1.807) is 13.3 Å². The third-order valence-electron chi connectivity index (χ3n) is 6.61. The summed E-state index contributed by atoms with van der Waals surface area (Å²) < 4.78 is 12.9. The van der Waals surface area contributed by atoms with Gasteiger partial charge in [0.2, 0.25) is 5.91 Å². The van der Waals surface area contributed by atoms with Crippen molar-refractivity contribution in [3.8, 4) is 17.0 Å². The number of hydrogen-bond donors (Lipinski definition) is 2. The van der Waals surface area contributed by atoms with Gasteiger partial charge in [-0.1, -0.05) is 0 Å². The number of nitrogens with one attached hydrogen (secondary N) is 2. The molecule has 1 saturated heterocycles. The van der Waals surface area contributed by atoms with Crippen molar-refractivity contribution in [1.82, 2.24) is 14.5 Å². The lowest BCUT2D eigenvalue weighted by atomic mass is 10.1. The number of rotatable bonds is 6. The second kappa shape index (κ2) is 9.39. The highest BCUT2D eigenvalue weighted by Gasteiger charge is 2.16. The van der Waals surface area contributed by atoms with Gasteiger partial charge in [0.1, 0.15) is 17.9 Å². The van der Waals surface area contributed by atoms with Gasteiger partial charge in [-0.2, -0.15) is 0 Å². The quantitative estimate of drug-likeness (QED) is 0.368. The number of H-pyrrole nitrogens is 1. The Morgan fingerprint density at radius 3 is 2.72 bits per heavy atom. The standard InChI is InChI=1S/C28H27N5O3/c1-35-22-8-9-26-23(16-22)24(25-15-19-3-2-10-29-28(19)31-25)17-33(26)18-27(34)30-20-4-6-21(7-5-20)32-11-13-36-14-12-32/h2-10,15-17H,11-14,18H2,1H3,(H,29,31)(H,30,34). The third kappa shape index (κ3) is 4.27. The van der Waals surface area contributed by atoms with Crippen LogP contribution in [0, 0.1) is 0 Å². The lowest BCUT2D eigenvalue weighted by molar-refractivity contribution is -0.116. The number of amides is 1. The number of benzene rings is 2. The molecule has 0 saturated carbocycles. The van der Waals surface area contributed by atoms with Gasteiger partial charge in [0.15, 0.2) is 0 Å². The molecule has 5 aromatic rings. The molecular formula is C28H27N5O3. The molecule has 0 aliphatic carbocycles. The number of aromatic amines is 1. The van der Waals surface area contributed by atoms with Crippen LogP contribution in [0.4, 0.5) is 11.4 Å². The molecule has 2 N–H and O–H groups in total. The summed E-state index contributed by atoms with van der Waals surface area (Å²) in [6.45, 7) is 3.43. The summed E-state index contributed by atoms with van der Waals surface area (Å²) in [5.41, 5.74) is 5.63. The van der Waals surface area contributed by atoms with Gasteiger partial charge in [0.05, 0.1) is 20.3 Å². The third-order valence-corrected chi connectivity index (χ3v) is 6.61. The van der Waals surface area contributed by atoms with Crippen LogP contribution in [0.3, 0.4) is 0 Å². The zero-order chi connectivity index (χ0) is 24.5. The first-order chi connectivity index (χ1) is 17.7. The average molecular weight is 482 g/mol. The van der Waals surface area contributed by atoms with E-state index in [1.807, 2.05) is 65.4 Å². The molecule has 1 aliphatic heterocycles. The predicted octanol–water partition coefficient (Wildman–Crippen LogP) is 4.67. The minimum absolute atomic E-state index is 0.0910. The molecule has 0 radical (unpaired) electrons. The summed E-state index contributed by atoms with van der Waals surface area (Å²) in [6.07, 6.45) is 3.78. The second-order valence-electron chi connectivity index (χ2n) is 8.87. The first-order valence-electron chi connectivity index (χ1n) is 12.0. The van der Waals surface area contributed by atoms with Crippen molar-refractivity contribution in [3.63, 3.8) is 0 Å². The highest BCUT2D eigenvalue weighted by Crippen LogP contribution is 2.34. The number of methoxy groups -OCH3 is 1. The summed E-state index contributed by atoms with van der Waals surface area (Å²) >= 11 is 0. The van der Waals surface area contributed by atoms with E-state index in [9.17, 15) is 4.79 Å². The van der Waals surface area contributed by atoms with E-state index < -0.39 is 0 Å². The Balaban J connectivity index is 1.26. The molecule has 36 heavy (non-hydrogen) atoms. The van der Waals surface area contributed by atoms with E-state index in [1.165, 1.54) is 0 Å². The summed E-state index contributed by atoms with van der Waals surface area (Å²) in [5.74, 6) is 0.673. The Hall–Kier alpha value is -4.30. The van der Waals surface area contributed by atoms with E-state index in [0.717, 1.165) is 76.6 Å². The van der Waals surface area contributed by atoms with Gasteiger partial charge >= 0.3 is 0 Å². The Kier molecular flexibility index (Phi) is 5.79. The zero-order valence-electron chi connectivity index (χ0n) is 20.0. The van der Waals surface area contributed by atoms with Crippen molar-refractivity contribution in [3.05, 3.63) is 73.1 Å². The van der Waals surface area contributed by atoms with Crippen molar-refractivity contribution in [1.29, 1.82) is 0 Å². The summed E-state index contributed by atoms with van der Waals surface area (Å²) in [4.78, 5) is 23.1. The SMILES string of the molecule is COc1ccc2c(c1)c(-c1cc3cccnc3[nH]1)cn2CC(=O)Nc1ccc(N2CCOCC2)cc1. The Labute approximate surface area is 208 Å². The highest BCUT2D eigenvalue weighted by molar-refractivity contribution is 6.00. The van der Waals surface area contributed by atoms with E-state index in [2.05, 4.69) is 26.3 Å². The van der Waals surface area contributed by atoms with Crippen LogP contribution in [0.15, 0.2) is 73.1 Å². The largest absolute Gasteiger partial charge is 0.497 e. The van der Waals surface area contributed by atoms with Crippen LogP contribution in [-0.2, 0) is 16.1 Å². The van der Waals surface area contributed by atoms with Gasteiger partial charge in [-0.25, -0.2) is 4.98 Å². The number of carbonyl (C=O) groups excluding carboxylic acids is 1. The van der Waals surface area contributed by atoms with E-state index in [4.69, 9.17) is 9.47 Å².